The van der Waals surface area contributed by atoms with Crippen molar-refractivity contribution in [3.05, 3.63) is 99.5 Å². The van der Waals surface area contributed by atoms with Gasteiger partial charge in [0.2, 0.25) is 0 Å². The highest BCUT2D eigenvalue weighted by Crippen LogP contribution is 2.29. The molecule has 1 aromatic heterocycles. The number of halogens is 3. The van der Waals surface area contributed by atoms with Gasteiger partial charge in [0.15, 0.2) is 0 Å². The Morgan fingerprint density at radius 3 is 2.37 bits per heavy atom. The molecule has 1 heterocycles. The SMILES string of the molecule is NC(=O)c1ccccc1NC(=O)c1cccn(Cc2cccc(C(F)(F)F)c2)c1=O. The summed E-state index contributed by atoms with van der Waals surface area (Å²) in [7, 11) is 0. The first-order chi connectivity index (χ1) is 14.2. The van der Waals surface area contributed by atoms with Gasteiger partial charge in [-0.15, -0.1) is 0 Å². The number of nitrogens with zero attached hydrogens (tertiary/aromatic N) is 1. The zero-order chi connectivity index (χ0) is 21.9. The number of benzene rings is 2. The maximum absolute atomic E-state index is 12.9. The minimum Gasteiger partial charge on any atom is -0.366 e. The van der Waals surface area contributed by atoms with Crippen molar-refractivity contribution in [2.45, 2.75) is 12.7 Å². The molecule has 3 aromatic rings. The normalized spacial score (nSPS) is 11.2. The molecule has 154 valence electrons. The average molecular weight is 415 g/mol. The van der Waals surface area contributed by atoms with Crippen molar-refractivity contribution in [3.8, 4) is 0 Å². The van der Waals surface area contributed by atoms with Gasteiger partial charge in [-0.05, 0) is 42.0 Å². The molecule has 3 rings (SSSR count). The van der Waals surface area contributed by atoms with Crippen molar-refractivity contribution in [3.63, 3.8) is 0 Å². The van der Waals surface area contributed by atoms with Gasteiger partial charge in [-0.25, -0.2) is 0 Å². The second-order valence-electron chi connectivity index (χ2n) is 6.42. The van der Waals surface area contributed by atoms with Crippen LogP contribution in [-0.2, 0) is 12.7 Å². The van der Waals surface area contributed by atoms with E-state index in [0.717, 1.165) is 16.7 Å². The van der Waals surface area contributed by atoms with Gasteiger partial charge < -0.3 is 15.6 Å². The van der Waals surface area contributed by atoms with E-state index in [-0.39, 0.29) is 28.9 Å². The zero-order valence-corrected chi connectivity index (χ0v) is 15.4. The van der Waals surface area contributed by atoms with E-state index in [4.69, 9.17) is 5.73 Å². The van der Waals surface area contributed by atoms with Gasteiger partial charge in [0, 0.05) is 6.20 Å². The molecule has 0 unspecified atom stereocenters. The fraction of sp³-hybridized carbons (Fsp3) is 0.0952. The first kappa shape index (κ1) is 20.8. The molecular weight excluding hydrogens is 399 g/mol. The molecule has 0 aliphatic carbocycles. The van der Waals surface area contributed by atoms with E-state index in [1.54, 1.807) is 12.1 Å². The zero-order valence-electron chi connectivity index (χ0n) is 15.4. The molecule has 0 saturated carbocycles. The summed E-state index contributed by atoms with van der Waals surface area (Å²) in [5.41, 5.74) is 3.99. The molecule has 0 spiro atoms. The number of anilines is 1. The van der Waals surface area contributed by atoms with Crippen LogP contribution >= 0.6 is 0 Å². The number of carbonyl (C=O) groups excluding carboxylic acids is 2. The molecule has 0 fully saturated rings. The first-order valence-electron chi connectivity index (χ1n) is 8.72. The summed E-state index contributed by atoms with van der Waals surface area (Å²) in [5, 5.41) is 2.47. The molecule has 0 aliphatic heterocycles. The molecular formula is C21H16F3N3O3. The van der Waals surface area contributed by atoms with E-state index >= 15 is 0 Å². The number of hydrogen-bond donors (Lipinski definition) is 2. The van der Waals surface area contributed by atoms with Crippen LogP contribution in [0.3, 0.4) is 0 Å². The van der Waals surface area contributed by atoms with Crippen LogP contribution in [0.5, 0.6) is 0 Å². The lowest BCUT2D eigenvalue weighted by Crippen LogP contribution is -2.29. The monoisotopic (exact) mass is 415 g/mol. The van der Waals surface area contributed by atoms with Gasteiger partial charge in [0.1, 0.15) is 5.56 Å². The number of pyridine rings is 1. The number of hydrogen-bond acceptors (Lipinski definition) is 3. The highest BCUT2D eigenvalue weighted by atomic mass is 19.4. The Balaban J connectivity index is 1.88. The Morgan fingerprint density at radius 1 is 0.967 bits per heavy atom. The molecule has 0 aliphatic rings. The molecule has 0 radical (unpaired) electrons. The second kappa shape index (κ2) is 8.24. The van der Waals surface area contributed by atoms with E-state index in [1.807, 2.05) is 0 Å². The van der Waals surface area contributed by atoms with Crippen LogP contribution in [0.1, 0.15) is 31.8 Å². The van der Waals surface area contributed by atoms with Crippen LogP contribution in [0.2, 0.25) is 0 Å². The molecule has 6 nitrogen and oxygen atoms in total. The second-order valence-corrected chi connectivity index (χ2v) is 6.42. The summed E-state index contributed by atoms with van der Waals surface area (Å²) in [5.74, 6) is -1.52. The van der Waals surface area contributed by atoms with Crippen molar-refractivity contribution in [1.82, 2.24) is 4.57 Å². The van der Waals surface area contributed by atoms with Crippen molar-refractivity contribution in [2.24, 2.45) is 5.73 Å². The van der Waals surface area contributed by atoms with E-state index in [2.05, 4.69) is 5.32 Å². The lowest BCUT2D eigenvalue weighted by molar-refractivity contribution is -0.137. The number of nitrogens with two attached hydrogens (primary N) is 1. The highest BCUT2D eigenvalue weighted by molar-refractivity contribution is 6.08. The fourth-order valence-electron chi connectivity index (χ4n) is 2.87. The summed E-state index contributed by atoms with van der Waals surface area (Å²) >= 11 is 0. The molecule has 0 atom stereocenters. The van der Waals surface area contributed by atoms with E-state index < -0.39 is 29.1 Å². The maximum Gasteiger partial charge on any atom is 0.416 e. The van der Waals surface area contributed by atoms with Crippen LogP contribution in [0.15, 0.2) is 71.7 Å². The highest BCUT2D eigenvalue weighted by Gasteiger charge is 2.30. The number of aromatic nitrogens is 1. The third kappa shape index (κ3) is 4.57. The molecule has 30 heavy (non-hydrogen) atoms. The molecule has 9 heteroatoms. The van der Waals surface area contributed by atoms with Crippen molar-refractivity contribution in [1.29, 1.82) is 0 Å². The summed E-state index contributed by atoms with van der Waals surface area (Å²) in [6.07, 6.45) is -3.13. The van der Waals surface area contributed by atoms with Gasteiger partial charge in [-0.2, -0.15) is 13.2 Å². The standard InChI is InChI=1S/C21H16F3N3O3/c22-21(23,24)14-6-3-5-13(11-14)12-27-10-4-8-16(20(27)30)19(29)26-17-9-2-1-7-15(17)18(25)28/h1-11H,12H2,(H2,25,28)(H,26,29). The van der Waals surface area contributed by atoms with Gasteiger partial charge in [-0.3, -0.25) is 14.4 Å². The Morgan fingerprint density at radius 2 is 1.67 bits per heavy atom. The van der Waals surface area contributed by atoms with Crippen molar-refractivity contribution < 1.29 is 22.8 Å². The Labute approximate surface area is 168 Å². The number of amides is 2. The summed E-state index contributed by atoms with van der Waals surface area (Å²) < 4.78 is 39.8. The van der Waals surface area contributed by atoms with Crippen LogP contribution in [-0.4, -0.2) is 16.4 Å². The van der Waals surface area contributed by atoms with Gasteiger partial charge in [0.25, 0.3) is 17.4 Å². The molecule has 0 saturated heterocycles. The molecule has 2 amide bonds. The minimum absolute atomic E-state index is 0.0751. The summed E-state index contributed by atoms with van der Waals surface area (Å²) in [6, 6.07) is 13.3. The Kier molecular flexibility index (Phi) is 5.72. The minimum atomic E-state index is -4.50. The number of nitrogens with one attached hydrogen (secondary N) is 1. The number of para-hydroxylation sites is 1. The van der Waals surface area contributed by atoms with Crippen molar-refractivity contribution in [2.75, 3.05) is 5.32 Å². The lowest BCUT2D eigenvalue weighted by atomic mass is 10.1. The largest absolute Gasteiger partial charge is 0.416 e. The van der Waals surface area contributed by atoms with Crippen molar-refractivity contribution >= 4 is 17.5 Å². The maximum atomic E-state index is 12.9. The first-order valence-corrected chi connectivity index (χ1v) is 8.72. The molecule has 3 N–H and O–H groups in total. The predicted octanol–water partition coefficient (Wildman–Crippen LogP) is 3.27. The van der Waals surface area contributed by atoms with Crippen LogP contribution < -0.4 is 16.6 Å². The fourth-order valence-corrected chi connectivity index (χ4v) is 2.87. The van der Waals surface area contributed by atoms with Crippen LogP contribution in [0.25, 0.3) is 0 Å². The van der Waals surface area contributed by atoms with Gasteiger partial charge >= 0.3 is 6.18 Å². The number of rotatable bonds is 5. The predicted molar refractivity (Wildman–Crippen MR) is 104 cm³/mol. The Bertz CT molecular complexity index is 1170. The number of alkyl halides is 3. The van der Waals surface area contributed by atoms with E-state index in [0.29, 0.717) is 0 Å². The molecule has 0 bridgehead atoms. The van der Waals surface area contributed by atoms with Gasteiger partial charge in [0.05, 0.1) is 23.4 Å². The third-order valence-electron chi connectivity index (χ3n) is 4.31. The quantitative estimate of drug-likeness (QED) is 0.670. The van der Waals surface area contributed by atoms with Crippen LogP contribution in [0, 0.1) is 0 Å². The van der Waals surface area contributed by atoms with E-state index in [9.17, 15) is 27.6 Å². The Hall–Kier alpha value is -3.88. The van der Waals surface area contributed by atoms with E-state index in [1.165, 1.54) is 42.6 Å². The van der Waals surface area contributed by atoms with Gasteiger partial charge in [-0.1, -0.05) is 24.3 Å². The topological polar surface area (TPSA) is 94.2 Å². The summed E-state index contributed by atoms with van der Waals surface area (Å²) in [6.45, 7) is -0.151. The average Bonchev–Trinajstić information content (AvgIpc) is 2.69. The summed E-state index contributed by atoms with van der Waals surface area (Å²) in [4.78, 5) is 36.8. The lowest BCUT2D eigenvalue weighted by Gasteiger charge is -2.12. The smallest absolute Gasteiger partial charge is 0.366 e. The van der Waals surface area contributed by atoms with Crippen LogP contribution in [0.4, 0.5) is 18.9 Å². The number of carbonyl (C=O) groups is 2. The third-order valence-corrected chi connectivity index (χ3v) is 4.31. The number of primary amides is 1. The molecule has 2 aromatic carbocycles.